The zero-order chi connectivity index (χ0) is 14.6. The minimum atomic E-state index is -3.37. The minimum Gasteiger partial charge on any atom is -0.313 e. The lowest BCUT2D eigenvalue weighted by Crippen LogP contribution is -2.39. The van der Waals surface area contributed by atoms with Gasteiger partial charge in [0.15, 0.2) is 9.84 Å². The molecule has 0 radical (unpaired) electrons. The third-order valence-electron chi connectivity index (χ3n) is 2.92. The summed E-state index contributed by atoms with van der Waals surface area (Å²) in [5.74, 6) is 0.286. The van der Waals surface area contributed by atoms with Crippen molar-refractivity contribution in [3.05, 3.63) is 28.2 Å². The van der Waals surface area contributed by atoms with Crippen LogP contribution in [0.25, 0.3) is 0 Å². The molecule has 108 valence electrons. The first kappa shape index (κ1) is 16.8. The molecule has 3 nitrogen and oxygen atoms in total. The number of rotatable bonds is 6. The molecule has 0 aliphatic carbocycles. The van der Waals surface area contributed by atoms with Crippen LogP contribution in [0.2, 0.25) is 10.0 Å². The lowest BCUT2D eigenvalue weighted by atomic mass is 10.1. The predicted octanol–water partition coefficient (Wildman–Crippen LogP) is 3.40. The van der Waals surface area contributed by atoms with Gasteiger partial charge in [-0.2, -0.15) is 0 Å². The van der Waals surface area contributed by atoms with Gasteiger partial charge in [0.05, 0.1) is 20.7 Å². The normalized spacial score (nSPS) is 13.8. The molecule has 0 saturated carbocycles. The first-order chi connectivity index (χ1) is 8.77. The van der Waals surface area contributed by atoms with E-state index in [1.807, 2.05) is 20.8 Å². The van der Waals surface area contributed by atoms with Gasteiger partial charge >= 0.3 is 0 Å². The van der Waals surface area contributed by atoms with E-state index < -0.39 is 9.84 Å². The first-order valence-electron chi connectivity index (χ1n) is 6.19. The maximum Gasteiger partial charge on any atom is 0.179 e. The van der Waals surface area contributed by atoms with Gasteiger partial charge < -0.3 is 5.32 Å². The zero-order valence-electron chi connectivity index (χ0n) is 11.3. The average molecular weight is 324 g/mol. The second-order valence-corrected chi connectivity index (χ2v) is 7.61. The molecule has 1 rings (SSSR count). The Morgan fingerprint density at radius 2 is 1.84 bits per heavy atom. The molecule has 0 aliphatic rings. The van der Waals surface area contributed by atoms with Crippen LogP contribution in [-0.4, -0.2) is 26.8 Å². The van der Waals surface area contributed by atoms with E-state index in [4.69, 9.17) is 23.2 Å². The Bertz CT molecular complexity index is 529. The van der Waals surface area contributed by atoms with Gasteiger partial charge in [0.1, 0.15) is 0 Å². The van der Waals surface area contributed by atoms with E-state index in [2.05, 4.69) is 5.32 Å². The molecule has 1 N–H and O–H groups in total. The molecular weight excluding hydrogens is 305 g/mol. The van der Waals surface area contributed by atoms with Gasteiger partial charge in [0, 0.05) is 6.04 Å². The molecule has 0 fully saturated rings. The summed E-state index contributed by atoms with van der Waals surface area (Å²) in [6, 6.07) is 4.33. The Kier molecular flexibility index (Phi) is 6.12. The highest BCUT2D eigenvalue weighted by Gasteiger charge is 2.23. The molecule has 1 aromatic carbocycles. The van der Waals surface area contributed by atoms with Crippen molar-refractivity contribution in [3.63, 3.8) is 0 Å². The third-order valence-corrected chi connectivity index (χ3v) is 5.43. The molecular formula is C13H19Cl2NO2S. The van der Waals surface area contributed by atoms with Crippen molar-refractivity contribution < 1.29 is 8.42 Å². The predicted molar refractivity (Wildman–Crippen MR) is 80.8 cm³/mol. The quantitative estimate of drug-likeness (QED) is 0.872. The van der Waals surface area contributed by atoms with Crippen LogP contribution in [0, 0.1) is 5.92 Å². The van der Waals surface area contributed by atoms with Crippen LogP contribution in [0.3, 0.4) is 0 Å². The van der Waals surface area contributed by atoms with Gasteiger partial charge in [0.2, 0.25) is 0 Å². The van der Waals surface area contributed by atoms with Crippen LogP contribution >= 0.6 is 23.2 Å². The minimum absolute atomic E-state index is 0.0521. The molecule has 1 unspecified atom stereocenters. The van der Waals surface area contributed by atoms with E-state index in [0.717, 1.165) is 6.54 Å². The van der Waals surface area contributed by atoms with Crippen LogP contribution in [0.1, 0.15) is 20.8 Å². The van der Waals surface area contributed by atoms with Crippen molar-refractivity contribution in [2.75, 3.05) is 12.3 Å². The Morgan fingerprint density at radius 3 is 2.32 bits per heavy atom. The summed E-state index contributed by atoms with van der Waals surface area (Å²) >= 11 is 11.7. The lowest BCUT2D eigenvalue weighted by molar-refractivity contribution is 0.435. The van der Waals surface area contributed by atoms with Crippen molar-refractivity contribution >= 4 is 33.0 Å². The molecule has 0 aromatic heterocycles. The van der Waals surface area contributed by atoms with Gasteiger partial charge in [-0.15, -0.1) is 0 Å². The molecule has 0 aliphatic heterocycles. The number of nitrogens with one attached hydrogen (secondary N) is 1. The van der Waals surface area contributed by atoms with E-state index in [1.165, 1.54) is 18.2 Å². The molecule has 0 heterocycles. The van der Waals surface area contributed by atoms with Crippen LogP contribution in [0.15, 0.2) is 23.1 Å². The van der Waals surface area contributed by atoms with Gasteiger partial charge in [-0.25, -0.2) is 8.42 Å². The van der Waals surface area contributed by atoms with Crippen LogP contribution < -0.4 is 5.32 Å². The molecule has 0 spiro atoms. The number of benzene rings is 1. The third kappa shape index (κ3) is 4.63. The van der Waals surface area contributed by atoms with Crippen molar-refractivity contribution in [2.45, 2.75) is 31.7 Å². The monoisotopic (exact) mass is 323 g/mol. The van der Waals surface area contributed by atoms with Crippen molar-refractivity contribution in [1.29, 1.82) is 0 Å². The first-order valence-corrected chi connectivity index (χ1v) is 8.60. The largest absolute Gasteiger partial charge is 0.313 e. The topological polar surface area (TPSA) is 46.2 Å². The summed E-state index contributed by atoms with van der Waals surface area (Å²) in [4.78, 5) is 0.213. The highest BCUT2D eigenvalue weighted by molar-refractivity contribution is 7.91. The summed E-state index contributed by atoms with van der Waals surface area (Å²) in [7, 11) is -3.37. The number of sulfone groups is 1. The smallest absolute Gasteiger partial charge is 0.179 e. The maximum absolute atomic E-state index is 12.3. The fraction of sp³-hybridized carbons (Fsp3) is 0.538. The zero-order valence-corrected chi connectivity index (χ0v) is 13.6. The fourth-order valence-electron chi connectivity index (χ4n) is 1.75. The highest BCUT2D eigenvalue weighted by atomic mass is 35.5. The summed E-state index contributed by atoms with van der Waals surface area (Å²) in [6.45, 7) is 6.69. The standard InChI is InChI=1S/C13H19Cl2NO2S/c1-4-16-13(9(2)3)8-19(17,18)10-5-6-11(14)12(15)7-10/h5-7,9,13,16H,4,8H2,1-3H3. The number of halogens is 2. The molecule has 19 heavy (non-hydrogen) atoms. The molecule has 6 heteroatoms. The number of hydrogen-bond acceptors (Lipinski definition) is 3. The molecule has 0 saturated heterocycles. The Morgan fingerprint density at radius 1 is 1.21 bits per heavy atom. The Balaban J connectivity index is 2.99. The summed E-state index contributed by atoms with van der Waals surface area (Å²) in [5, 5.41) is 3.81. The maximum atomic E-state index is 12.3. The second kappa shape index (κ2) is 6.93. The lowest BCUT2D eigenvalue weighted by Gasteiger charge is -2.21. The highest BCUT2D eigenvalue weighted by Crippen LogP contribution is 2.26. The summed E-state index contributed by atoms with van der Waals surface area (Å²) in [6.07, 6.45) is 0. The van der Waals surface area contributed by atoms with E-state index in [1.54, 1.807) is 0 Å². The van der Waals surface area contributed by atoms with Gasteiger partial charge in [-0.1, -0.05) is 44.0 Å². The van der Waals surface area contributed by atoms with Crippen LogP contribution in [-0.2, 0) is 9.84 Å². The summed E-state index contributed by atoms with van der Waals surface area (Å²) in [5.41, 5.74) is 0. The van der Waals surface area contributed by atoms with Crippen LogP contribution in [0.5, 0.6) is 0 Å². The van der Waals surface area contributed by atoms with Gasteiger partial charge in [-0.3, -0.25) is 0 Å². The van der Waals surface area contributed by atoms with Crippen molar-refractivity contribution in [1.82, 2.24) is 5.32 Å². The summed E-state index contributed by atoms with van der Waals surface area (Å²) < 4.78 is 24.7. The van der Waals surface area contributed by atoms with Crippen molar-refractivity contribution in [3.8, 4) is 0 Å². The van der Waals surface area contributed by atoms with E-state index in [9.17, 15) is 8.42 Å². The van der Waals surface area contributed by atoms with Crippen molar-refractivity contribution in [2.24, 2.45) is 5.92 Å². The fourth-order valence-corrected chi connectivity index (χ4v) is 3.86. The van der Waals surface area contributed by atoms with Crippen LogP contribution in [0.4, 0.5) is 0 Å². The van der Waals surface area contributed by atoms with Gasteiger partial charge in [-0.05, 0) is 30.7 Å². The second-order valence-electron chi connectivity index (χ2n) is 4.77. The SMILES string of the molecule is CCNC(CS(=O)(=O)c1ccc(Cl)c(Cl)c1)C(C)C. The molecule has 0 amide bonds. The van der Waals surface area contributed by atoms with Gasteiger partial charge in [0.25, 0.3) is 0 Å². The van der Waals surface area contributed by atoms with E-state index >= 15 is 0 Å². The Hall–Kier alpha value is -0.290. The molecule has 0 bridgehead atoms. The Labute approximate surface area is 125 Å². The molecule has 1 aromatic rings. The molecule has 1 atom stereocenters. The average Bonchev–Trinajstić information content (AvgIpc) is 2.31. The number of hydrogen-bond donors (Lipinski definition) is 1. The van der Waals surface area contributed by atoms with E-state index in [0.29, 0.717) is 5.02 Å². The van der Waals surface area contributed by atoms with E-state index in [-0.39, 0.29) is 27.6 Å².